The third kappa shape index (κ3) is 4.19. The lowest BCUT2D eigenvalue weighted by molar-refractivity contribution is -0.153. The van der Waals surface area contributed by atoms with Crippen LogP contribution >= 0.6 is 11.6 Å². The monoisotopic (exact) mass is 581 g/mol. The van der Waals surface area contributed by atoms with Crippen LogP contribution in [-0.4, -0.2) is 80.3 Å². The second-order valence-corrected chi connectivity index (χ2v) is 11.0. The van der Waals surface area contributed by atoms with Crippen LogP contribution < -0.4 is 11.1 Å². The van der Waals surface area contributed by atoms with Crippen molar-refractivity contribution in [3.05, 3.63) is 64.4 Å². The molecule has 0 unspecified atom stereocenters. The highest BCUT2D eigenvalue weighted by molar-refractivity contribution is 6.29. The molecule has 0 spiro atoms. The number of primary amides is 1. The predicted octanol–water partition coefficient (Wildman–Crippen LogP) is 1.81. The second-order valence-electron chi connectivity index (χ2n) is 10.7. The van der Waals surface area contributed by atoms with E-state index >= 15 is 0 Å². The normalized spacial score (nSPS) is 25.5. The molecule has 2 amide bonds. The molecule has 0 aliphatic heterocycles. The zero-order valence-electron chi connectivity index (χ0n) is 22.1. The van der Waals surface area contributed by atoms with Gasteiger partial charge in [-0.05, 0) is 67.7 Å². The van der Waals surface area contributed by atoms with Gasteiger partial charge in [-0.25, -0.2) is 0 Å². The SMILES string of the molecule is CN(C)[C@H]1C(=O)C(C(N)=O)=C(O)[C@]2(O)C(=O)C3=C(O)c4c(O)ccc(-c5ccc(NC(=O)CCl)cc5)c4C[C@@H]3C[C@H]12. The van der Waals surface area contributed by atoms with Crippen molar-refractivity contribution in [3.8, 4) is 16.9 Å². The molecule has 0 saturated heterocycles. The van der Waals surface area contributed by atoms with Crippen molar-refractivity contribution >= 4 is 46.4 Å². The average molecular weight is 582 g/mol. The van der Waals surface area contributed by atoms with Gasteiger partial charge in [-0.1, -0.05) is 18.2 Å². The Bertz CT molecular complexity index is 1580. The fourth-order valence-corrected chi connectivity index (χ4v) is 6.51. The molecule has 0 radical (unpaired) electrons. The summed E-state index contributed by atoms with van der Waals surface area (Å²) in [6, 6.07) is 8.71. The first-order valence-corrected chi connectivity index (χ1v) is 13.3. The summed E-state index contributed by atoms with van der Waals surface area (Å²) in [7, 11) is 3.09. The topological polar surface area (TPSA) is 190 Å². The second kappa shape index (κ2) is 10.0. The number of aliphatic hydroxyl groups is 3. The number of halogens is 1. The van der Waals surface area contributed by atoms with E-state index in [0.717, 1.165) is 0 Å². The van der Waals surface area contributed by atoms with Gasteiger partial charge in [-0.3, -0.25) is 24.1 Å². The van der Waals surface area contributed by atoms with Crippen LogP contribution in [0.3, 0.4) is 0 Å². The molecule has 41 heavy (non-hydrogen) atoms. The van der Waals surface area contributed by atoms with Crippen molar-refractivity contribution < 1.29 is 39.6 Å². The molecular weight excluding hydrogens is 554 g/mol. The van der Waals surface area contributed by atoms with Gasteiger partial charge in [0.15, 0.2) is 11.4 Å². The highest BCUT2D eigenvalue weighted by atomic mass is 35.5. The van der Waals surface area contributed by atoms with Crippen LogP contribution in [0.1, 0.15) is 17.5 Å². The minimum Gasteiger partial charge on any atom is -0.508 e. The summed E-state index contributed by atoms with van der Waals surface area (Å²) in [5.41, 5.74) is 3.98. The smallest absolute Gasteiger partial charge is 0.255 e. The zero-order valence-corrected chi connectivity index (χ0v) is 22.9. The number of fused-ring (bicyclic) bond motifs is 3. The van der Waals surface area contributed by atoms with Crippen molar-refractivity contribution in [3.63, 3.8) is 0 Å². The van der Waals surface area contributed by atoms with Crippen LogP contribution in [-0.2, 0) is 25.6 Å². The molecule has 5 rings (SSSR count). The zero-order chi connectivity index (χ0) is 30.0. The Balaban J connectivity index is 1.65. The summed E-state index contributed by atoms with van der Waals surface area (Å²) in [6.07, 6.45) is 0.146. The van der Waals surface area contributed by atoms with E-state index in [4.69, 9.17) is 17.3 Å². The molecule has 12 heteroatoms. The summed E-state index contributed by atoms with van der Waals surface area (Å²) in [5, 5.41) is 47.4. The first-order chi connectivity index (χ1) is 19.3. The molecule has 2 aromatic carbocycles. The number of nitrogens with one attached hydrogen (secondary N) is 1. The number of rotatable bonds is 5. The molecule has 0 bridgehead atoms. The van der Waals surface area contributed by atoms with Crippen molar-refractivity contribution in [1.82, 2.24) is 4.90 Å². The largest absolute Gasteiger partial charge is 0.508 e. The Labute approximate surface area is 239 Å². The molecule has 4 atom stereocenters. The minimum absolute atomic E-state index is 0.00157. The van der Waals surface area contributed by atoms with E-state index in [1.165, 1.54) is 11.0 Å². The lowest BCUT2D eigenvalue weighted by Crippen LogP contribution is -2.65. The molecule has 0 aromatic heterocycles. The number of phenolic OH excluding ortho intramolecular Hbond substituents is 1. The maximum absolute atomic E-state index is 13.9. The first kappa shape index (κ1) is 28.3. The van der Waals surface area contributed by atoms with E-state index in [1.807, 2.05) is 0 Å². The Morgan fingerprint density at radius 3 is 2.34 bits per heavy atom. The van der Waals surface area contributed by atoms with E-state index in [0.29, 0.717) is 22.4 Å². The third-order valence-electron chi connectivity index (χ3n) is 8.21. The molecule has 1 fully saturated rings. The van der Waals surface area contributed by atoms with Crippen molar-refractivity contribution in [2.75, 3.05) is 25.3 Å². The van der Waals surface area contributed by atoms with Gasteiger partial charge in [-0.15, -0.1) is 11.6 Å². The number of alkyl halides is 1. The third-order valence-corrected chi connectivity index (χ3v) is 8.45. The van der Waals surface area contributed by atoms with Crippen LogP contribution in [0.2, 0.25) is 0 Å². The molecular formula is C29H28ClN3O8. The Hall–Kier alpha value is -4.19. The number of hydrogen-bond donors (Lipinski definition) is 6. The fourth-order valence-electron chi connectivity index (χ4n) is 6.44. The standard InChI is InChI=1S/C29H28ClN3O8/c1-33(2)23-17-10-13-9-16-15(12-3-5-14(6-4-12)32-19(35)11-30)7-8-18(34)21(16)24(36)20(13)26(38)29(17,41)27(39)22(25(23)37)28(31)40/h3-8,13,17,23,34,36,39,41H,9-11H2,1-2H3,(H2,31,40)(H,32,35)/t13-,17-,23-,29-/m1/s1. The van der Waals surface area contributed by atoms with E-state index in [1.54, 1.807) is 44.4 Å². The number of phenols is 1. The number of likely N-dealkylation sites (N-methyl/N-ethyl adjacent to an activating group) is 1. The van der Waals surface area contributed by atoms with Gasteiger partial charge in [0.05, 0.1) is 11.6 Å². The number of hydrogen-bond acceptors (Lipinski definition) is 9. The number of aliphatic hydroxyl groups excluding tert-OH is 2. The average Bonchev–Trinajstić information content (AvgIpc) is 2.91. The quantitative estimate of drug-likeness (QED) is 0.226. The van der Waals surface area contributed by atoms with Crippen molar-refractivity contribution in [1.29, 1.82) is 0 Å². The van der Waals surface area contributed by atoms with Gasteiger partial charge < -0.3 is 31.5 Å². The van der Waals surface area contributed by atoms with Crippen LogP contribution in [0.25, 0.3) is 16.9 Å². The molecule has 0 heterocycles. The van der Waals surface area contributed by atoms with Crippen molar-refractivity contribution in [2.45, 2.75) is 24.5 Å². The number of Topliss-reactive ketones (excluding diaryl/α,β-unsaturated/α-hetero) is 2. The van der Waals surface area contributed by atoms with Gasteiger partial charge in [-0.2, -0.15) is 0 Å². The highest BCUT2D eigenvalue weighted by Gasteiger charge is 2.64. The number of anilines is 1. The van der Waals surface area contributed by atoms with E-state index in [-0.39, 0.29) is 41.5 Å². The molecule has 11 nitrogen and oxygen atoms in total. The maximum Gasteiger partial charge on any atom is 0.255 e. The maximum atomic E-state index is 13.9. The number of nitrogens with zero attached hydrogens (tertiary/aromatic N) is 1. The Kier molecular flexibility index (Phi) is 6.93. The van der Waals surface area contributed by atoms with Crippen LogP contribution in [0.15, 0.2) is 53.3 Å². The molecule has 7 N–H and O–H groups in total. The fraction of sp³-hybridized carbons (Fsp3) is 0.310. The van der Waals surface area contributed by atoms with Gasteiger partial charge in [0.25, 0.3) is 5.91 Å². The van der Waals surface area contributed by atoms with E-state index < -0.39 is 58.0 Å². The van der Waals surface area contributed by atoms with Crippen LogP contribution in [0.5, 0.6) is 5.75 Å². The molecule has 2 aromatic rings. The van der Waals surface area contributed by atoms with Gasteiger partial charge >= 0.3 is 0 Å². The molecule has 3 aliphatic rings. The minimum atomic E-state index is -2.69. The lowest BCUT2D eigenvalue weighted by Gasteiger charge is -2.50. The number of amides is 2. The number of benzene rings is 2. The molecule has 214 valence electrons. The number of carbonyl (C=O) groups excluding carboxylic acids is 4. The van der Waals surface area contributed by atoms with E-state index in [9.17, 15) is 39.6 Å². The summed E-state index contributed by atoms with van der Waals surface area (Å²) in [4.78, 5) is 52.4. The molecule has 3 aliphatic carbocycles. The number of ketones is 2. The van der Waals surface area contributed by atoms with Crippen LogP contribution in [0, 0.1) is 11.8 Å². The van der Waals surface area contributed by atoms with Gasteiger partial charge in [0, 0.05) is 17.2 Å². The molecule has 1 saturated carbocycles. The van der Waals surface area contributed by atoms with Gasteiger partial charge in [0.1, 0.15) is 28.7 Å². The lowest BCUT2D eigenvalue weighted by atomic mass is 9.57. The number of aromatic hydroxyl groups is 1. The van der Waals surface area contributed by atoms with Crippen molar-refractivity contribution in [2.24, 2.45) is 17.6 Å². The predicted molar refractivity (Wildman–Crippen MR) is 149 cm³/mol. The Morgan fingerprint density at radius 1 is 1.10 bits per heavy atom. The van der Waals surface area contributed by atoms with Crippen LogP contribution in [0.4, 0.5) is 5.69 Å². The Morgan fingerprint density at radius 2 is 1.76 bits per heavy atom. The number of carbonyl (C=O) groups is 4. The summed E-state index contributed by atoms with van der Waals surface area (Å²) in [5.74, 6) is -7.59. The van der Waals surface area contributed by atoms with Gasteiger partial charge in [0.2, 0.25) is 11.7 Å². The summed E-state index contributed by atoms with van der Waals surface area (Å²) in [6.45, 7) is 0. The highest BCUT2D eigenvalue weighted by Crippen LogP contribution is 2.53. The first-order valence-electron chi connectivity index (χ1n) is 12.8. The van der Waals surface area contributed by atoms with E-state index in [2.05, 4.69) is 5.32 Å². The number of nitrogens with two attached hydrogens (primary N) is 1. The summed E-state index contributed by atoms with van der Waals surface area (Å²) >= 11 is 5.56. The summed E-state index contributed by atoms with van der Waals surface area (Å²) < 4.78 is 0.